The van der Waals surface area contributed by atoms with Crippen molar-refractivity contribution in [3.8, 4) is 0 Å². The summed E-state index contributed by atoms with van der Waals surface area (Å²) < 4.78 is 0. The lowest BCUT2D eigenvalue weighted by atomic mass is 10.5. The lowest BCUT2D eigenvalue weighted by Crippen LogP contribution is -1.92. The lowest BCUT2D eigenvalue weighted by molar-refractivity contribution is -0.115. The second kappa shape index (κ2) is 3.17. The van der Waals surface area contributed by atoms with Crippen LogP contribution >= 0.6 is 0 Å². The van der Waals surface area contributed by atoms with Crippen LogP contribution in [0.4, 0.5) is 0 Å². The Kier molecular flexibility index (Phi) is 1.86. The molecule has 0 radical (unpaired) electrons. The Morgan fingerprint density at radius 3 is 1.57 bits per heavy atom. The van der Waals surface area contributed by atoms with E-state index in [9.17, 15) is 9.59 Å². The van der Waals surface area contributed by atoms with Gasteiger partial charge in [0.15, 0.2) is 11.4 Å². The van der Waals surface area contributed by atoms with Crippen LogP contribution in [-0.4, -0.2) is 11.8 Å². The summed E-state index contributed by atoms with van der Waals surface area (Å²) in [5.74, 6) is -1.18. The van der Waals surface area contributed by atoms with Crippen LogP contribution in [0.3, 0.4) is 0 Å². The summed E-state index contributed by atoms with van der Waals surface area (Å²) in [6.07, 6.45) is 2.31. The highest BCUT2D eigenvalue weighted by Crippen LogP contribution is 2.13. The second-order valence-electron chi connectivity index (χ2n) is 2.27. The maximum Gasteiger partial charge on any atom is 0.317 e. The van der Waals surface area contributed by atoms with E-state index >= 15 is 0 Å². The molecule has 0 spiro atoms. The smallest absolute Gasteiger partial charge is 0.263 e. The molecule has 14 heavy (non-hydrogen) atoms. The molecule has 0 aromatic carbocycles. The van der Waals surface area contributed by atoms with E-state index in [0.717, 1.165) is 12.4 Å². The molecule has 0 bridgehead atoms. The molecule has 0 aromatic heterocycles. The van der Waals surface area contributed by atoms with Crippen molar-refractivity contribution in [2.45, 2.75) is 0 Å². The Labute approximate surface area is 76.8 Å². The predicted octanol–water partition coefficient (Wildman–Crippen LogP) is 1.11. The summed E-state index contributed by atoms with van der Waals surface area (Å²) in [5, 5.41) is 19.9. The van der Waals surface area contributed by atoms with Crippen molar-refractivity contribution >= 4 is 11.8 Å². The quantitative estimate of drug-likeness (QED) is 0.607. The van der Waals surface area contributed by atoms with E-state index in [1.807, 2.05) is 0 Å². The van der Waals surface area contributed by atoms with Crippen LogP contribution in [0.2, 0.25) is 0 Å². The third-order valence-electron chi connectivity index (χ3n) is 1.36. The molecule has 68 valence electrons. The Balaban J connectivity index is 2.09. The van der Waals surface area contributed by atoms with Crippen molar-refractivity contribution in [3.63, 3.8) is 0 Å². The molecule has 8 heteroatoms. The highest BCUT2D eigenvalue weighted by Gasteiger charge is 2.15. The summed E-state index contributed by atoms with van der Waals surface area (Å²) in [5.41, 5.74) is -0.0452. The SMILES string of the molecule is O=C1N=NC=C1N=NC1=CN=NC1=O. The standard InChI is InChI=1S/C6H2N6O2/c13-5-3(1-7-11-5)9-10-4-2-8-12-6(4)14/h1-2H. The first-order valence-electron chi connectivity index (χ1n) is 3.50. The van der Waals surface area contributed by atoms with E-state index in [2.05, 4.69) is 30.7 Å². The topological polar surface area (TPSA) is 108 Å². The minimum atomic E-state index is -0.589. The van der Waals surface area contributed by atoms with Crippen LogP contribution in [0.5, 0.6) is 0 Å². The van der Waals surface area contributed by atoms with Gasteiger partial charge in [-0.05, 0) is 0 Å². The van der Waals surface area contributed by atoms with Gasteiger partial charge < -0.3 is 0 Å². The number of carbonyl (C=O) groups excluding carboxylic acids is 2. The van der Waals surface area contributed by atoms with Crippen molar-refractivity contribution in [2.75, 3.05) is 0 Å². The third kappa shape index (κ3) is 1.40. The molecular formula is C6H2N6O2. The van der Waals surface area contributed by atoms with Gasteiger partial charge in [-0.1, -0.05) is 0 Å². The van der Waals surface area contributed by atoms with Crippen molar-refractivity contribution in [2.24, 2.45) is 30.7 Å². The minimum Gasteiger partial charge on any atom is -0.263 e. The zero-order valence-corrected chi connectivity index (χ0v) is 6.65. The van der Waals surface area contributed by atoms with E-state index in [-0.39, 0.29) is 11.4 Å². The summed E-state index contributed by atoms with van der Waals surface area (Å²) in [6.45, 7) is 0. The molecule has 2 aliphatic heterocycles. The van der Waals surface area contributed by atoms with Gasteiger partial charge in [-0.15, -0.1) is 20.5 Å². The molecule has 0 saturated carbocycles. The fourth-order valence-corrected chi connectivity index (χ4v) is 0.730. The van der Waals surface area contributed by atoms with Crippen LogP contribution in [-0.2, 0) is 9.59 Å². The molecule has 2 aliphatic rings. The average molecular weight is 190 g/mol. The number of hydrogen-bond donors (Lipinski definition) is 0. The van der Waals surface area contributed by atoms with E-state index in [1.54, 1.807) is 0 Å². The molecule has 0 aromatic rings. The van der Waals surface area contributed by atoms with E-state index in [1.165, 1.54) is 0 Å². The van der Waals surface area contributed by atoms with Gasteiger partial charge in [0, 0.05) is 0 Å². The highest BCUT2D eigenvalue weighted by atomic mass is 16.2. The molecule has 0 unspecified atom stereocenters. The lowest BCUT2D eigenvalue weighted by Gasteiger charge is -1.86. The number of hydrogen-bond acceptors (Lipinski definition) is 6. The molecule has 0 fully saturated rings. The molecule has 2 heterocycles. The van der Waals surface area contributed by atoms with Gasteiger partial charge in [0.1, 0.15) is 0 Å². The zero-order chi connectivity index (χ0) is 9.97. The highest BCUT2D eigenvalue weighted by molar-refractivity contribution is 5.96. The maximum atomic E-state index is 10.8. The fourth-order valence-electron chi connectivity index (χ4n) is 0.730. The molecule has 8 nitrogen and oxygen atoms in total. The Hall–Kier alpha value is -2.38. The summed E-state index contributed by atoms with van der Waals surface area (Å²) in [6, 6.07) is 0. The first kappa shape index (κ1) is 8.23. The van der Waals surface area contributed by atoms with Crippen LogP contribution in [0.1, 0.15) is 0 Å². The Morgan fingerprint density at radius 2 is 1.29 bits per heavy atom. The normalized spacial score (nSPS) is 19.7. The number of amides is 2. The summed E-state index contributed by atoms with van der Waals surface area (Å²) >= 11 is 0. The predicted molar refractivity (Wildman–Crippen MR) is 40.7 cm³/mol. The third-order valence-corrected chi connectivity index (χ3v) is 1.36. The molecule has 2 amide bonds. The van der Waals surface area contributed by atoms with Gasteiger partial charge in [0.2, 0.25) is 0 Å². The van der Waals surface area contributed by atoms with Crippen molar-refractivity contribution in [3.05, 3.63) is 23.8 Å². The molecule has 0 atom stereocenters. The molecule has 0 aliphatic carbocycles. The first-order chi connectivity index (χ1) is 6.77. The fraction of sp³-hybridized carbons (Fsp3) is 0. The van der Waals surface area contributed by atoms with Crippen molar-refractivity contribution < 1.29 is 9.59 Å². The van der Waals surface area contributed by atoms with Gasteiger partial charge in [0.25, 0.3) is 0 Å². The van der Waals surface area contributed by atoms with Gasteiger partial charge in [-0.2, -0.15) is 10.2 Å². The van der Waals surface area contributed by atoms with Crippen LogP contribution in [0.15, 0.2) is 54.5 Å². The van der Waals surface area contributed by atoms with E-state index in [4.69, 9.17) is 0 Å². The van der Waals surface area contributed by atoms with Gasteiger partial charge in [-0.3, -0.25) is 9.59 Å². The molecular weight excluding hydrogens is 188 g/mol. The zero-order valence-electron chi connectivity index (χ0n) is 6.65. The second-order valence-corrected chi connectivity index (χ2v) is 2.27. The summed E-state index contributed by atoms with van der Waals surface area (Å²) in [7, 11) is 0. The van der Waals surface area contributed by atoms with E-state index in [0.29, 0.717) is 0 Å². The van der Waals surface area contributed by atoms with E-state index < -0.39 is 11.8 Å². The molecule has 0 N–H and O–H groups in total. The van der Waals surface area contributed by atoms with Crippen molar-refractivity contribution in [1.82, 2.24) is 0 Å². The van der Waals surface area contributed by atoms with Crippen LogP contribution < -0.4 is 0 Å². The molecule has 2 rings (SSSR count). The van der Waals surface area contributed by atoms with Crippen LogP contribution in [0, 0.1) is 0 Å². The van der Waals surface area contributed by atoms with Gasteiger partial charge in [-0.25, -0.2) is 0 Å². The number of azo groups is 3. The Morgan fingerprint density at radius 1 is 0.857 bits per heavy atom. The number of rotatable bonds is 2. The van der Waals surface area contributed by atoms with Crippen molar-refractivity contribution in [1.29, 1.82) is 0 Å². The maximum absolute atomic E-state index is 10.8. The van der Waals surface area contributed by atoms with Gasteiger partial charge in [0.05, 0.1) is 12.4 Å². The first-order valence-corrected chi connectivity index (χ1v) is 3.50. The number of nitrogens with zero attached hydrogens (tertiary/aromatic N) is 6. The minimum absolute atomic E-state index is 0.0226. The number of carbonyl (C=O) groups is 2. The average Bonchev–Trinajstić information content (AvgIpc) is 2.72. The Bertz CT molecular complexity index is 413. The van der Waals surface area contributed by atoms with Crippen LogP contribution in [0.25, 0.3) is 0 Å². The molecule has 0 saturated heterocycles. The van der Waals surface area contributed by atoms with Gasteiger partial charge >= 0.3 is 11.8 Å². The summed E-state index contributed by atoms with van der Waals surface area (Å²) in [4.78, 5) is 21.7. The monoisotopic (exact) mass is 190 g/mol. The largest absolute Gasteiger partial charge is 0.317 e.